The van der Waals surface area contributed by atoms with E-state index in [9.17, 15) is 4.21 Å². The van der Waals surface area contributed by atoms with Crippen molar-refractivity contribution in [2.45, 2.75) is 11.3 Å². The molecular weight excluding hydrogens is 418 g/mol. The molecular formula is C20H23N7O3S. The highest BCUT2D eigenvalue weighted by Crippen LogP contribution is 2.20. The molecule has 0 spiro atoms. The van der Waals surface area contributed by atoms with Gasteiger partial charge in [-0.1, -0.05) is 0 Å². The van der Waals surface area contributed by atoms with Gasteiger partial charge in [0, 0.05) is 44.1 Å². The van der Waals surface area contributed by atoms with Crippen LogP contribution in [-0.2, 0) is 20.3 Å². The van der Waals surface area contributed by atoms with Gasteiger partial charge in [0.05, 0.1) is 47.0 Å². The van der Waals surface area contributed by atoms with Gasteiger partial charge in [0.25, 0.3) is 0 Å². The van der Waals surface area contributed by atoms with Gasteiger partial charge in [-0.25, -0.2) is 14.2 Å². The van der Waals surface area contributed by atoms with Gasteiger partial charge in [0.15, 0.2) is 11.3 Å². The third kappa shape index (κ3) is 4.03. The number of nitrogens with zero attached hydrogens (tertiary/aromatic N) is 7. The van der Waals surface area contributed by atoms with Gasteiger partial charge in [-0.05, 0) is 24.6 Å². The summed E-state index contributed by atoms with van der Waals surface area (Å²) in [5, 5.41) is 9.95. The predicted molar refractivity (Wildman–Crippen MR) is 116 cm³/mol. The third-order valence-corrected chi connectivity index (χ3v) is 6.58. The lowest BCUT2D eigenvalue weighted by molar-refractivity contribution is 0.122. The Hall–Kier alpha value is -2.89. The highest BCUT2D eigenvalue weighted by Gasteiger charge is 2.17. The van der Waals surface area contributed by atoms with Gasteiger partial charge in [0.1, 0.15) is 0 Å². The van der Waals surface area contributed by atoms with E-state index < -0.39 is 10.8 Å². The quantitative estimate of drug-likeness (QED) is 0.397. The van der Waals surface area contributed by atoms with Crippen LogP contribution in [0.25, 0.3) is 22.4 Å². The van der Waals surface area contributed by atoms with Crippen molar-refractivity contribution in [3.8, 4) is 5.69 Å². The van der Waals surface area contributed by atoms with Crippen LogP contribution in [0, 0.1) is 0 Å². The van der Waals surface area contributed by atoms with E-state index in [1.54, 1.807) is 28.7 Å². The van der Waals surface area contributed by atoms with E-state index in [1.165, 1.54) is 0 Å². The molecule has 0 aromatic carbocycles. The number of hydrogen-bond acceptors (Lipinski definition) is 8. The number of pyridine rings is 2. The summed E-state index contributed by atoms with van der Waals surface area (Å²) < 4.78 is 26.4. The Balaban J connectivity index is 1.42. The summed E-state index contributed by atoms with van der Waals surface area (Å²) >= 11 is 0. The summed E-state index contributed by atoms with van der Waals surface area (Å²) in [5.41, 5.74) is 2.29. The second-order valence-electron chi connectivity index (χ2n) is 7.24. The average Bonchev–Trinajstić information content (AvgIpc) is 3.43. The molecule has 0 amide bonds. The molecule has 5 heterocycles. The average molecular weight is 442 g/mol. The van der Waals surface area contributed by atoms with Gasteiger partial charge in [-0.2, -0.15) is 10.1 Å². The lowest BCUT2D eigenvalue weighted by Gasteiger charge is -2.25. The van der Waals surface area contributed by atoms with E-state index in [-0.39, 0.29) is 0 Å². The lowest BCUT2D eigenvalue weighted by Crippen LogP contribution is -2.36. The first-order chi connectivity index (χ1) is 15.2. The van der Waals surface area contributed by atoms with E-state index in [4.69, 9.17) is 9.47 Å². The number of anilines is 1. The highest BCUT2D eigenvalue weighted by atomic mass is 32.2. The number of morpholine rings is 1. The van der Waals surface area contributed by atoms with Crippen LogP contribution in [0.1, 0.15) is 6.42 Å². The second kappa shape index (κ2) is 8.69. The Labute approximate surface area is 181 Å². The molecule has 4 aromatic rings. The number of ether oxygens (including phenoxy) is 2. The zero-order chi connectivity index (χ0) is 21.2. The van der Waals surface area contributed by atoms with E-state index in [0.29, 0.717) is 42.1 Å². The molecule has 4 aromatic heterocycles. The fraction of sp³-hybridized carbons (Fsp3) is 0.400. The molecule has 1 saturated heterocycles. The molecule has 10 nitrogen and oxygen atoms in total. The molecule has 1 fully saturated rings. The Morgan fingerprint density at radius 1 is 1.23 bits per heavy atom. The van der Waals surface area contributed by atoms with Crippen molar-refractivity contribution < 1.29 is 13.7 Å². The van der Waals surface area contributed by atoms with Crippen molar-refractivity contribution in [1.29, 1.82) is 0 Å². The lowest BCUT2D eigenvalue weighted by atomic mass is 10.3. The van der Waals surface area contributed by atoms with Crippen LogP contribution in [0.3, 0.4) is 0 Å². The summed E-state index contributed by atoms with van der Waals surface area (Å²) in [7, 11) is 0.534. The van der Waals surface area contributed by atoms with Gasteiger partial charge in [0.2, 0.25) is 5.95 Å². The minimum Gasteiger partial charge on any atom is -0.385 e. The summed E-state index contributed by atoms with van der Waals surface area (Å²) in [6, 6.07) is 5.75. The number of methoxy groups -OCH3 is 1. The number of aromatic nitrogens is 6. The standard InChI is InChI=1S/C20H23N7O3S/c1-29-7-2-10-31(28)17-11-15-12-22-27(19(15)21-13-17)16-3-4-18-23-20(24-26(18)14-16)25-5-8-30-9-6-25/h3-4,11-14H,2,5-10H2,1H3/t31-/m1/s1. The van der Waals surface area contributed by atoms with E-state index in [1.807, 2.05) is 24.4 Å². The molecule has 11 heteroatoms. The van der Waals surface area contributed by atoms with E-state index >= 15 is 0 Å². The Kier molecular flexibility index (Phi) is 5.62. The smallest absolute Gasteiger partial charge is 0.245 e. The van der Waals surface area contributed by atoms with Crippen LogP contribution in [0.4, 0.5) is 5.95 Å². The maximum absolute atomic E-state index is 12.5. The molecule has 0 radical (unpaired) electrons. The second-order valence-corrected chi connectivity index (χ2v) is 8.81. The molecule has 0 bridgehead atoms. The fourth-order valence-electron chi connectivity index (χ4n) is 3.55. The maximum Gasteiger partial charge on any atom is 0.245 e. The summed E-state index contributed by atoms with van der Waals surface area (Å²) in [4.78, 5) is 12.0. The van der Waals surface area contributed by atoms with Crippen molar-refractivity contribution in [1.82, 2.24) is 29.4 Å². The molecule has 162 valence electrons. The Bertz CT molecular complexity index is 1230. The molecule has 1 atom stereocenters. The molecule has 0 saturated carbocycles. The topological polar surface area (TPSA) is 99.7 Å². The van der Waals surface area contributed by atoms with Gasteiger partial charge in [-0.3, -0.25) is 4.21 Å². The van der Waals surface area contributed by atoms with Gasteiger partial charge < -0.3 is 14.4 Å². The third-order valence-electron chi connectivity index (χ3n) is 5.17. The molecule has 0 N–H and O–H groups in total. The Morgan fingerprint density at radius 2 is 2.10 bits per heavy atom. The summed E-state index contributed by atoms with van der Waals surface area (Å²) in [6.45, 7) is 3.53. The number of hydrogen-bond donors (Lipinski definition) is 0. The minimum absolute atomic E-state index is 0.545. The van der Waals surface area contributed by atoms with Crippen LogP contribution in [0.5, 0.6) is 0 Å². The van der Waals surface area contributed by atoms with Crippen LogP contribution < -0.4 is 4.90 Å². The van der Waals surface area contributed by atoms with E-state index in [0.717, 1.165) is 36.2 Å². The molecule has 31 heavy (non-hydrogen) atoms. The van der Waals surface area contributed by atoms with Gasteiger partial charge >= 0.3 is 0 Å². The van der Waals surface area contributed by atoms with Crippen molar-refractivity contribution in [3.05, 3.63) is 36.8 Å². The molecule has 1 aliphatic rings. The van der Waals surface area contributed by atoms with Crippen LogP contribution in [0.15, 0.2) is 41.7 Å². The zero-order valence-corrected chi connectivity index (χ0v) is 18.0. The van der Waals surface area contributed by atoms with Crippen molar-refractivity contribution >= 4 is 33.4 Å². The van der Waals surface area contributed by atoms with Crippen LogP contribution in [-0.4, -0.2) is 79.3 Å². The first-order valence-electron chi connectivity index (χ1n) is 10.1. The maximum atomic E-state index is 12.5. The van der Waals surface area contributed by atoms with E-state index in [2.05, 4.69) is 25.1 Å². The van der Waals surface area contributed by atoms with Crippen LogP contribution in [0.2, 0.25) is 0 Å². The fourth-order valence-corrected chi connectivity index (χ4v) is 4.59. The highest BCUT2D eigenvalue weighted by molar-refractivity contribution is 7.85. The SMILES string of the molecule is COCCC[S@@](=O)c1cnc2c(cnn2-c2ccc3nc(N4CCOCC4)nn3c2)c1. The summed E-state index contributed by atoms with van der Waals surface area (Å²) in [5.74, 6) is 1.24. The first kappa shape index (κ1) is 20.0. The van der Waals surface area contributed by atoms with Gasteiger partial charge in [-0.15, -0.1) is 5.10 Å². The van der Waals surface area contributed by atoms with Crippen LogP contribution >= 0.6 is 0 Å². The van der Waals surface area contributed by atoms with Crippen molar-refractivity contribution in [2.75, 3.05) is 50.7 Å². The Morgan fingerprint density at radius 3 is 2.94 bits per heavy atom. The first-order valence-corrected chi connectivity index (χ1v) is 11.5. The molecule has 0 aliphatic carbocycles. The van der Waals surface area contributed by atoms with Crippen molar-refractivity contribution in [2.24, 2.45) is 0 Å². The monoisotopic (exact) mass is 441 g/mol. The zero-order valence-electron chi connectivity index (χ0n) is 17.2. The molecule has 1 aliphatic heterocycles. The number of fused-ring (bicyclic) bond motifs is 2. The van der Waals surface area contributed by atoms with Crippen molar-refractivity contribution in [3.63, 3.8) is 0 Å². The normalized spacial score (nSPS) is 15.7. The minimum atomic E-state index is -1.11. The molecule has 0 unspecified atom stereocenters. The molecule has 5 rings (SSSR count). The largest absolute Gasteiger partial charge is 0.385 e. The number of rotatable bonds is 7. The summed E-state index contributed by atoms with van der Waals surface area (Å²) in [6.07, 6.45) is 6.03. The predicted octanol–water partition coefficient (Wildman–Crippen LogP) is 1.44.